The molecule has 13 atom stereocenters. The number of likely N-dealkylation sites (tertiary alicyclic amines) is 1. The van der Waals surface area contributed by atoms with Crippen LogP contribution in [0.25, 0.3) is 0 Å². The number of likely N-dealkylation sites (N-methyl/N-ethyl adjacent to an activating group) is 1. The fraction of sp³-hybridized carbons (Fsp3) is 1.00. The number of piperidine rings is 1. The van der Waals surface area contributed by atoms with Gasteiger partial charge in [0.15, 0.2) is 0 Å². The fourth-order valence-corrected chi connectivity index (χ4v) is 10.7. The second-order valence-electron chi connectivity index (χ2n) is 11.7. The number of fused-ring (bicyclic) bond motifs is 2. The van der Waals surface area contributed by atoms with Gasteiger partial charge in [-0.05, 0) is 31.7 Å². The van der Waals surface area contributed by atoms with E-state index in [9.17, 15) is 20.4 Å². The van der Waals surface area contributed by atoms with Crippen molar-refractivity contribution >= 4 is 0 Å². The molecule has 0 aromatic rings. The van der Waals surface area contributed by atoms with Crippen LogP contribution in [0, 0.1) is 34.5 Å². The van der Waals surface area contributed by atoms with Crippen molar-refractivity contribution in [2.75, 3.05) is 41.0 Å². The molecule has 32 heavy (non-hydrogen) atoms. The molecule has 8 heteroatoms. The lowest BCUT2D eigenvalue weighted by atomic mass is 9.42. The van der Waals surface area contributed by atoms with Gasteiger partial charge in [-0.15, -0.1) is 0 Å². The van der Waals surface area contributed by atoms with Crippen LogP contribution >= 0.6 is 0 Å². The van der Waals surface area contributed by atoms with Gasteiger partial charge in [-0.1, -0.05) is 6.92 Å². The molecule has 6 fully saturated rings. The molecule has 0 radical (unpaired) electrons. The average molecular weight is 454 g/mol. The first-order valence-electron chi connectivity index (χ1n) is 12.3. The van der Waals surface area contributed by atoms with Crippen LogP contribution in [0.4, 0.5) is 0 Å². The van der Waals surface area contributed by atoms with E-state index in [1.807, 2.05) is 0 Å². The number of aliphatic hydroxyl groups excluding tert-OH is 2. The number of methoxy groups -OCH3 is 3. The summed E-state index contributed by atoms with van der Waals surface area (Å²) in [4.78, 5) is 2.28. The maximum absolute atomic E-state index is 12.6. The predicted octanol–water partition coefficient (Wildman–Crippen LogP) is -0.383. The van der Waals surface area contributed by atoms with Crippen molar-refractivity contribution in [2.24, 2.45) is 34.5 Å². The Hall–Kier alpha value is -0.320. The Morgan fingerprint density at radius 1 is 1.09 bits per heavy atom. The zero-order valence-corrected chi connectivity index (χ0v) is 19.6. The van der Waals surface area contributed by atoms with Crippen LogP contribution in [-0.4, -0.2) is 108 Å². The Bertz CT molecular complexity index is 798. The fourth-order valence-electron chi connectivity index (χ4n) is 10.7. The molecule has 182 valence electrons. The van der Waals surface area contributed by atoms with Crippen LogP contribution in [-0.2, 0) is 14.2 Å². The molecule has 1 saturated heterocycles. The molecule has 1 spiro atoms. The maximum atomic E-state index is 12.6. The third-order valence-corrected chi connectivity index (χ3v) is 11.3. The quantitative estimate of drug-likeness (QED) is 0.446. The number of nitrogens with zero attached hydrogens (tertiary/aromatic N) is 1. The van der Waals surface area contributed by atoms with E-state index in [0.29, 0.717) is 19.6 Å². The summed E-state index contributed by atoms with van der Waals surface area (Å²) in [6.45, 7) is 3.99. The summed E-state index contributed by atoms with van der Waals surface area (Å²) in [5.74, 6) is -0.932. The Morgan fingerprint density at radius 3 is 2.47 bits per heavy atom. The summed E-state index contributed by atoms with van der Waals surface area (Å²) in [6.07, 6.45) is 0.177. The topological polar surface area (TPSA) is 112 Å². The Labute approximate surface area is 189 Å². The van der Waals surface area contributed by atoms with E-state index in [0.717, 1.165) is 19.4 Å². The van der Waals surface area contributed by atoms with E-state index in [1.54, 1.807) is 21.3 Å². The first-order chi connectivity index (χ1) is 15.2. The van der Waals surface area contributed by atoms with E-state index < -0.39 is 40.8 Å². The van der Waals surface area contributed by atoms with Crippen molar-refractivity contribution in [1.82, 2.24) is 4.90 Å². The molecule has 7 bridgehead atoms. The Balaban J connectivity index is 1.66. The molecule has 5 aliphatic carbocycles. The molecule has 5 saturated carbocycles. The first kappa shape index (κ1) is 22.2. The van der Waals surface area contributed by atoms with Gasteiger partial charge in [-0.3, -0.25) is 4.90 Å². The predicted molar refractivity (Wildman–Crippen MR) is 114 cm³/mol. The molecule has 4 N–H and O–H groups in total. The van der Waals surface area contributed by atoms with Crippen molar-refractivity contribution in [3.63, 3.8) is 0 Å². The van der Waals surface area contributed by atoms with Gasteiger partial charge in [0.2, 0.25) is 0 Å². The summed E-state index contributed by atoms with van der Waals surface area (Å²) in [5.41, 5.74) is -4.31. The molecule has 0 amide bonds. The molecule has 1 unspecified atom stereocenters. The van der Waals surface area contributed by atoms with Crippen molar-refractivity contribution in [3.8, 4) is 0 Å². The number of hydrogen-bond acceptors (Lipinski definition) is 8. The molecular weight excluding hydrogens is 414 g/mol. The van der Waals surface area contributed by atoms with Gasteiger partial charge < -0.3 is 34.6 Å². The maximum Gasteiger partial charge on any atom is 0.136 e. The summed E-state index contributed by atoms with van der Waals surface area (Å²) < 4.78 is 17.7. The van der Waals surface area contributed by atoms with E-state index >= 15 is 0 Å². The Kier molecular flexibility index (Phi) is 4.62. The number of ether oxygens (including phenoxy) is 3. The summed E-state index contributed by atoms with van der Waals surface area (Å²) in [5, 5.41) is 48.5. The minimum Gasteiger partial charge on any atom is -0.392 e. The van der Waals surface area contributed by atoms with Gasteiger partial charge in [-0.25, -0.2) is 0 Å². The van der Waals surface area contributed by atoms with Crippen LogP contribution in [0.3, 0.4) is 0 Å². The average Bonchev–Trinajstić information content (AvgIpc) is 3.12. The van der Waals surface area contributed by atoms with Crippen LogP contribution < -0.4 is 0 Å². The highest BCUT2D eigenvalue weighted by atomic mass is 16.5. The number of aliphatic hydroxyl groups is 4. The van der Waals surface area contributed by atoms with Crippen molar-refractivity contribution in [3.05, 3.63) is 0 Å². The zero-order valence-electron chi connectivity index (χ0n) is 19.6. The SMILES string of the molecule is CCN1C[C@]2(COC)CC[C@H](OC)[C@]34C1[C@](O)([C@@H](O)[C@H]23)[C@@]1(O)C[C@H](OC)[C@H]2C[C@@H]4[C@@H]1[C@H]2O. The van der Waals surface area contributed by atoms with Crippen molar-refractivity contribution < 1.29 is 34.6 Å². The highest BCUT2D eigenvalue weighted by Crippen LogP contribution is 2.80. The lowest BCUT2D eigenvalue weighted by Gasteiger charge is -2.70. The smallest absolute Gasteiger partial charge is 0.136 e. The molecule has 1 aliphatic heterocycles. The summed E-state index contributed by atoms with van der Waals surface area (Å²) in [7, 11) is 5.04. The molecule has 8 nitrogen and oxygen atoms in total. The van der Waals surface area contributed by atoms with Crippen LogP contribution in [0.2, 0.25) is 0 Å². The molecule has 6 aliphatic rings. The number of hydrogen-bond donors (Lipinski definition) is 4. The van der Waals surface area contributed by atoms with E-state index in [-0.39, 0.29) is 41.8 Å². The largest absolute Gasteiger partial charge is 0.392 e. The number of rotatable bonds is 5. The first-order valence-corrected chi connectivity index (χ1v) is 12.3. The van der Waals surface area contributed by atoms with Gasteiger partial charge in [-0.2, -0.15) is 0 Å². The van der Waals surface area contributed by atoms with Crippen LogP contribution in [0.15, 0.2) is 0 Å². The van der Waals surface area contributed by atoms with Gasteiger partial charge in [0.1, 0.15) is 11.2 Å². The molecule has 6 rings (SSSR count). The van der Waals surface area contributed by atoms with Crippen molar-refractivity contribution in [1.29, 1.82) is 0 Å². The molecule has 0 aromatic heterocycles. The monoisotopic (exact) mass is 453 g/mol. The van der Waals surface area contributed by atoms with E-state index in [4.69, 9.17) is 14.2 Å². The Morgan fingerprint density at radius 2 is 1.84 bits per heavy atom. The molecule has 0 aromatic carbocycles. The second-order valence-corrected chi connectivity index (χ2v) is 11.7. The van der Waals surface area contributed by atoms with Crippen LogP contribution in [0.1, 0.15) is 32.6 Å². The zero-order chi connectivity index (χ0) is 22.8. The summed E-state index contributed by atoms with van der Waals surface area (Å²) in [6, 6.07) is -0.442. The normalized spacial score (nSPS) is 62.4. The highest BCUT2D eigenvalue weighted by Gasteiger charge is 2.91. The lowest BCUT2D eigenvalue weighted by Crippen LogP contribution is -2.82. The van der Waals surface area contributed by atoms with Gasteiger partial charge in [0.25, 0.3) is 0 Å². The summed E-state index contributed by atoms with van der Waals surface area (Å²) >= 11 is 0. The molecule has 1 heterocycles. The highest BCUT2D eigenvalue weighted by molar-refractivity contribution is 5.41. The third-order valence-electron chi connectivity index (χ3n) is 11.3. The van der Waals surface area contributed by atoms with Crippen LogP contribution in [0.5, 0.6) is 0 Å². The minimum absolute atomic E-state index is 0.0732. The van der Waals surface area contributed by atoms with Gasteiger partial charge in [0, 0.05) is 62.9 Å². The standard InChI is InChI=1S/C24H39NO7/c1-5-25-10-21(11-30-2)7-6-15(32-4)23-13-8-12-14(31-3)9-22(28,16(13)17(12)26)24(29,20(23)25)19(27)18(21)23/h12-20,26-29H,5-11H2,1-4H3/t12-,13-,14+,15+,16-,17+,18-,19+,20?,21+,22-,23+,24-/m1/s1. The van der Waals surface area contributed by atoms with E-state index in [2.05, 4.69) is 11.8 Å². The van der Waals surface area contributed by atoms with Crippen molar-refractivity contribution in [2.45, 2.75) is 74.3 Å². The lowest BCUT2D eigenvalue weighted by molar-refractivity contribution is -0.318. The second kappa shape index (κ2) is 6.66. The molecular formula is C24H39NO7. The van der Waals surface area contributed by atoms with Gasteiger partial charge in [0.05, 0.1) is 37.1 Å². The van der Waals surface area contributed by atoms with Gasteiger partial charge >= 0.3 is 0 Å². The third kappa shape index (κ3) is 1.99. The minimum atomic E-state index is -1.78. The van der Waals surface area contributed by atoms with E-state index in [1.165, 1.54) is 0 Å².